The van der Waals surface area contributed by atoms with Gasteiger partial charge in [0.1, 0.15) is 5.75 Å². The van der Waals surface area contributed by atoms with Crippen molar-refractivity contribution in [1.82, 2.24) is 0 Å². The van der Waals surface area contributed by atoms with E-state index < -0.39 is 12.6 Å². The average molecular weight is 299 g/mol. The molecule has 0 saturated heterocycles. The Hall–Kier alpha value is -1.07. The largest absolute Gasteiger partial charge is 0.466 e. The van der Waals surface area contributed by atoms with Crippen molar-refractivity contribution in [3.8, 4) is 5.75 Å². The van der Waals surface area contributed by atoms with Crippen molar-refractivity contribution in [3.63, 3.8) is 0 Å². The number of esters is 1. The molecular formula is C11H10Cl2F2O3. The minimum Gasteiger partial charge on any atom is -0.466 e. The molecule has 0 fully saturated rings. The van der Waals surface area contributed by atoms with Crippen LogP contribution in [0.2, 0.25) is 10.0 Å². The summed E-state index contributed by atoms with van der Waals surface area (Å²) in [5, 5.41) is 0.0714. The first-order valence-corrected chi connectivity index (χ1v) is 5.78. The van der Waals surface area contributed by atoms with Gasteiger partial charge in [-0.05, 0) is 18.6 Å². The Bertz CT molecular complexity index is 439. The zero-order valence-corrected chi connectivity index (χ0v) is 10.9. The molecule has 7 heteroatoms. The third-order valence-electron chi connectivity index (χ3n) is 1.96. The molecule has 0 atom stereocenters. The number of hydrogen-bond acceptors (Lipinski definition) is 3. The van der Waals surface area contributed by atoms with Crippen molar-refractivity contribution >= 4 is 29.2 Å². The maximum absolute atomic E-state index is 12.0. The van der Waals surface area contributed by atoms with E-state index in [1.807, 2.05) is 0 Å². The molecule has 0 spiro atoms. The molecule has 0 aliphatic rings. The van der Waals surface area contributed by atoms with Gasteiger partial charge in [0.05, 0.1) is 18.1 Å². The SMILES string of the molecule is CCOC(=O)Cc1cc(Cl)c(OC(F)F)cc1Cl. The lowest BCUT2D eigenvalue weighted by atomic mass is 10.1. The van der Waals surface area contributed by atoms with E-state index in [0.717, 1.165) is 6.07 Å². The van der Waals surface area contributed by atoms with Gasteiger partial charge in [-0.25, -0.2) is 0 Å². The molecule has 3 nitrogen and oxygen atoms in total. The summed E-state index contributed by atoms with van der Waals surface area (Å²) in [6.45, 7) is -1.07. The zero-order valence-electron chi connectivity index (χ0n) is 9.38. The Morgan fingerprint density at radius 1 is 1.33 bits per heavy atom. The van der Waals surface area contributed by atoms with Crippen LogP contribution < -0.4 is 4.74 Å². The molecule has 0 unspecified atom stereocenters. The molecule has 100 valence electrons. The van der Waals surface area contributed by atoms with Crippen LogP contribution in [-0.4, -0.2) is 19.2 Å². The van der Waals surface area contributed by atoms with E-state index in [1.165, 1.54) is 6.07 Å². The van der Waals surface area contributed by atoms with Crippen molar-refractivity contribution in [1.29, 1.82) is 0 Å². The Balaban J connectivity index is 2.89. The minimum atomic E-state index is -2.99. The summed E-state index contributed by atoms with van der Waals surface area (Å²) in [4.78, 5) is 11.3. The van der Waals surface area contributed by atoms with E-state index in [0.29, 0.717) is 5.56 Å². The first-order chi connectivity index (χ1) is 8.43. The molecule has 1 aromatic rings. The van der Waals surface area contributed by atoms with E-state index in [-0.39, 0.29) is 28.8 Å². The fourth-order valence-corrected chi connectivity index (χ4v) is 1.71. The third kappa shape index (κ3) is 4.31. The number of benzene rings is 1. The highest BCUT2D eigenvalue weighted by Gasteiger charge is 2.14. The summed E-state index contributed by atoms with van der Waals surface area (Å²) in [6, 6.07) is 2.45. The molecule has 0 radical (unpaired) electrons. The Kier molecular flexibility index (Phi) is 5.62. The zero-order chi connectivity index (χ0) is 13.7. The van der Waals surface area contributed by atoms with E-state index in [2.05, 4.69) is 4.74 Å². The van der Waals surface area contributed by atoms with Crippen molar-refractivity contribution < 1.29 is 23.0 Å². The Morgan fingerprint density at radius 3 is 2.56 bits per heavy atom. The average Bonchev–Trinajstić information content (AvgIpc) is 2.25. The van der Waals surface area contributed by atoms with Gasteiger partial charge in [0.25, 0.3) is 0 Å². The number of alkyl halides is 2. The second-order valence-electron chi connectivity index (χ2n) is 3.23. The lowest BCUT2D eigenvalue weighted by Gasteiger charge is -2.10. The quantitative estimate of drug-likeness (QED) is 0.778. The smallest absolute Gasteiger partial charge is 0.387 e. The van der Waals surface area contributed by atoms with Crippen molar-refractivity contribution in [2.75, 3.05) is 6.61 Å². The number of hydrogen-bond donors (Lipinski definition) is 0. The van der Waals surface area contributed by atoms with E-state index in [9.17, 15) is 13.6 Å². The van der Waals surface area contributed by atoms with Gasteiger partial charge in [0.2, 0.25) is 0 Å². The Morgan fingerprint density at radius 2 is 2.00 bits per heavy atom. The second-order valence-corrected chi connectivity index (χ2v) is 4.05. The molecule has 0 saturated carbocycles. The fraction of sp³-hybridized carbons (Fsp3) is 0.364. The van der Waals surface area contributed by atoms with Gasteiger partial charge in [-0.2, -0.15) is 8.78 Å². The number of halogens is 4. The molecule has 0 heterocycles. The summed E-state index contributed by atoms with van der Waals surface area (Å²) in [5.74, 6) is -0.706. The van der Waals surface area contributed by atoms with Gasteiger partial charge in [0.15, 0.2) is 0 Å². The van der Waals surface area contributed by atoms with Crippen molar-refractivity contribution in [3.05, 3.63) is 27.7 Å². The molecule has 0 aliphatic carbocycles. The van der Waals surface area contributed by atoms with E-state index in [1.54, 1.807) is 6.92 Å². The fourth-order valence-electron chi connectivity index (χ4n) is 1.26. The molecule has 0 aliphatic heterocycles. The number of rotatable bonds is 5. The van der Waals surface area contributed by atoms with Crippen LogP contribution in [0, 0.1) is 0 Å². The standard InChI is InChI=1S/C11H10Cl2F2O3/c1-2-17-10(16)4-6-3-8(13)9(5-7(6)12)18-11(14)15/h3,5,11H,2,4H2,1H3. The highest BCUT2D eigenvalue weighted by Crippen LogP contribution is 2.32. The lowest BCUT2D eigenvalue weighted by Crippen LogP contribution is -2.08. The van der Waals surface area contributed by atoms with Gasteiger partial charge < -0.3 is 9.47 Å². The van der Waals surface area contributed by atoms with Crippen LogP contribution in [0.15, 0.2) is 12.1 Å². The Labute approximate surface area is 113 Å². The summed E-state index contributed by atoms with van der Waals surface area (Å²) >= 11 is 11.6. The molecule has 1 rings (SSSR count). The van der Waals surface area contributed by atoms with Gasteiger partial charge in [-0.15, -0.1) is 0 Å². The van der Waals surface area contributed by atoms with Crippen molar-refractivity contribution in [2.45, 2.75) is 20.0 Å². The summed E-state index contributed by atoms with van der Waals surface area (Å²) in [6.07, 6.45) is -0.0820. The predicted octanol–water partition coefficient (Wildman–Crippen LogP) is 3.70. The summed E-state index contributed by atoms with van der Waals surface area (Å²) in [7, 11) is 0. The molecule has 0 aromatic heterocycles. The number of carbonyl (C=O) groups is 1. The molecular weight excluding hydrogens is 289 g/mol. The van der Waals surface area contributed by atoms with Gasteiger partial charge in [0, 0.05) is 11.1 Å². The molecule has 18 heavy (non-hydrogen) atoms. The minimum absolute atomic E-state index is 0.0426. The van der Waals surface area contributed by atoms with Crippen LogP contribution in [-0.2, 0) is 16.0 Å². The maximum Gasteiger partial charge on any atom is 0.387 e. The first kappa shape index (κ1) is 15.0. The van der Waals surface area contributed by atoms with Crippen LogP contribution >= 0.6 is 23.2 Å². The van der Waals surface area contributed by atoms with Gasteiger partial charge in [-0.3, -0.25) is 4.79 Å². The molecule has 1 aromatic carbocycles. The monoisotopic (exact) mass is 298 g/mol. The van der Waals surface area contributed by atoms with Crippen molar-refractivity contribution in [2.24, 2.45) is 0 Å². The third-order valence-corrected chi connectivity index (χ3v) is 2.60. The maximum atomic E-state index is 12.0. The molecule has 0 N–H and O–H groups in total. The topological polar surface area (TPSA) is 35.5 Å². The number of carbonyl (C=O) groups excluding carboxylic acids is 1. The van der Waals surface area contributed by atoms with Crippen LogP contribution in [0.25, 0.3) is 0 Å². The van der Waals surface area contributed by atoms with Crippen LogP contribution in [0.4, 0.5) is 8.78 Å². The first-order valence-electron chi connectivity index (χ1n) is 5.02. The molecule has 0 bridgehead atoms. The highest BCUT2D eigenvalue weighted by molar-refractivity contribution is 6.34. The van der Waals surface area contributed by atoms with Gasteiger partial charge >= 0.3 is 12.6 Å². The van der Waals surface area contributed by atoms with E-state index in [4.69, 9.17) is 27.9 Å². The van der Waals surface area contributed by atoms with Crippen LogP contribution in [0.5, 0.6) is 5.75 Å². The van der Waals surface area contributed by atoms with Gasteiger partial charge in [-0.1, -0.05) is 23.2 Å². The highest BCUT2D eigenvalue weighted by atomic mass is 35.5. The predicted molar refractivity (Wildman–Crippen MR) is 63.4 cm³/mol. The summed E-state index contributed by atoms with van der Waals surface area (Å²) < 4.78 is 33.0. The van der Waals surface area contributed by atoms with Crippen LogP contribution in [0.1, 0.15) is 12.5 Å². The second kappa shape index (κ2) is 6.75. The van der Waals surface area contributed by atoms with Crippen LogP contribution in [0.3, 0.4) is 0 Å². The number of ether oxygens (including phenoxy) is 2. The normalized spacial score (nSPS) is 10.6. The lowest BCUT2D eigenvalue weighted by molar-refractivity contribution is -0.142. The molecule has 0 amide bonds. The summed E-state index contributed by atoms with van der Waals surface area (Å²) in [5.41, 5.74) is 0.390. The van der Waals surface area contributed by atoms with E-state index >= 15 is 0 Å².